The lowest BCUT2D eigenvalue weighted by atomic mass is 10.1. The topological polar surface area (TPSA) is 88.2 Å². The largest absolute Gasteiger partial charge is 0.346 e. The quantitative estimate of drug-likeness (QED) is 0.413. The second kappa shape index (κ2) is 9.29. The fourth-order valence-corrected chi connectivity index (χ4v) is 5.15. The number of amides is 1. The maximum absolute atomic E-state index is 13.4. The van der Waals surface area contributed by atoms with Crippen molar-refractivity contribution >= 4 is 32.3 Å². The molecule has 0 aliphatic heterocycles. The Morgan fingerprint density at radius 1 is 0.906 bits per heavy atom. The summed E-state index contributed by atoms with van der Waals surface area (Å²) >= 11 is 0.916. The molecule has 0 aliphatic carbocycles. The molecular weight excluding hydrogens is 449 g/mol. The van der Waals surface area contributed by atoms with Crippen molar-refractivity contribution in [3.63, 3.8) is 0 Å². The van der Waals surface area contributed by atoms with Crippen LogP contribution in [0.4, 0.5) is 9.39 Å². The van der Waals surface area contributed by atoms with Gasteiger partial charge in [-0.25, -0.2) is 17.8 Å². The molecular formula is C23H18FN3O3S2. The molecule has 0 radical (unpaired) electrons. The van der Waals surface area contributed by atoms with Crippen LogP contribution in [-0.4, -0.2) is 19.3 Å². The summed E-state index contributed by atoms with van der Waals surface area (Å²) < 4.78 is 41.6. The van der Waals surface area contributed by atoms with Crippen LogP contribution in [0, 0.1) is 5.82 Å². The summed E-state index contributed by atoms with van der Waals surface area (Å²) in [5.74, 6) is -0.872. The number of hydrogen-bond donors (Lipinski definition) is 2. The third kappa shape index (κ3) is 5.01. The third-order valence-electron chi connectivity index (χ3n) is 4.52. The van der Waals surface area contributed by atoms with Gasteiger partial charge >= 0.3 is 0 Å². The van der Waals surface area contributed by atoms with Gasteiger partial charge in [-0.3, -0.25) is 9.52 Å². The molecule has 0 unspecified atom stereocenters. The Balaban J connectivity index is 1.65. The molecule has 9 heteroatoms. The summed E-state index contributed by atoms with van der Waals surface area (Å²) in [6, 6.07) is 22.7. The molecule has 0 bridgehead atoms. The van der Waals surface area contributed by atoms with Gasteiger partial charge in [-0.1, -0.05) is 59.9 Å². The van der Waals surface area contributed by atoms with E-state index in [0.717, 1.165) is 16.9 Å². The van der Waals surface area contributed by atoms with Gasteiger partial charge in [-0.2, -0.15) is 0 Å². The number of nitrogens with one attached hydrogen (secondary N) is 2. The van der Waals surface area contributed by atoms with Crippen molar-refractivity contribution in [2.24, 2.45) is 0 Å². The molecule has 0 fully saturated rings. The summed E-state index contributed by atoms with van der Waals surface area (Å²) in [5.41, 5.74) is 1.65. The second-order valence-corrected chi connectivity index (χ2v) is 9.47. The van der Waals surface area contributed by atoms with Gasteiger partial charge in [0.1, 0.15) is 16.5 Å². The summed E-state index contributed by atoms with van der Waals surface area (Å²) in [6.07, 6.45) is 0. The minimum atomic E-state index is -3.90. The fraction of sp³-hybridized carbons (Fsp3) is 0.0435. The van der Waals surface area contributed by atoms with Crippen LogP contribution in [0.25, 0.3) is 11.3 Å². The average Bonchev–Trinajstić information content (AvgIpc) is 3.22. The zero-order valence-electron chi connectivity index (χ0n) is 16.7. The zero-order valence-corrected chi connectivity index (χ0v) is 18.3. The van der Waals surface area contributed by atoms with E-state index in [1.54, 1.807) is 18.2 Å². The molecule has 4 aromatic rings. The maximum atomic E-state index is 13.4. The van der Waals surface area contributed by atoms with Crippen molar-refractivity contribution in [3.8, 4) is 11.3 Å². The minimum Gasteiger partial charge on any atom is -0.346 e. The number of hydrogen-bond acceptors (Lipinski definition) is 5. The van der Waals surface area contributed by atoms with E-state index in [0.29, 0.717) is 12.1 Å². The number of rotatable bonds is 7. The van der Waals surface area contributed by atoms with Crippen molar-refractivity contribution in [2.45, 2.75) is 11.4 Å². The summed E-state index contributed by atoms with van der Waals surface area (Å²) in [7, 11) is -3.90. The van der Waals surface area contributed by atoms with E-state index < -0.39 is 21.7 Å². The molecule has 0 saturated heterocycles. The molecule has 1 aromatic heterocycles. The third-order valence-corrected chi connectivity index (χ3v) is 6.98. The van der Waals surface area contributed by atoms with Gasteiger partial charge in [0.05, 0.1) is 4.90 Å². The van der Waals surface area contributed by atoms with Crippen LogP contribution in [0.15, 0.2) is 89.8 Å². The molecule has 2 N–H and O–H groups in total. The Kier molecular flexibility index (Phi) is 6.29. The van der Waals surface area contributed by atoms with E-state index in [1.165, 1.54) is 36.4 Å². The number of benzene rings is 3. The molecule has 0 saturated carbocycles. The van der Waals surface area contributed by atoms with Crippen molar-refractivity contribution < 1.29 is 17.6 Å². The number of sulfonamides is 1. The predicted molar refractivity (Wildman–Crippen MR) is 122 cm³/mol. The first-order valence-electron chi connectivity index (χ1n) is 9.59. The maximum Gasteiger partial charge on any atom is 0.280 e. The Hall–Kier alpha value is -3.56. The summed E-state index contributed by atoms with van der Waals surface area (Å²) in [4.78, 5) is 17.1. The number of thiazole rings is 1. The molecule has 32 heavy (non-hydrogen) atoms. The highest BCUT2D eigenvalue weighted by molar-refractivity contribution is 7.93. The van der Waals surface area contributed by atoms with Crippen molar-refractivity contribution in [2.75, 3.05) is 4.72 Å². The standard InChI is InChI=1S/C23H18FN3O3S2/c24-18-13-11-17(12-14-18)20-22(27-32(29,30)19-9-5-2-6-10-19)31-23(26-20)21(28)25-15-16-7-3-1-4-8-16/h1-14,27H,15H2,(H,25,28). The van der Waals surface area contributed by atoms with E-state index >= 15 is 0 Å². The first-order valence-corrected chi connectivity index (χ1v) is 11.9. The van der Waals surface area contributed by atoms with E-state index in [-0.39, 0.29) is 20.6 Å². The lowest BCUT2D eigenvalue weighted by Crippen LogP contribution is -2.22. The highest BCUT2D eigenvalue weighted by atomic mass is 32.2. The van der Waals surface area contributed by atoms with Gasteiger partial charge in [-0.05, 0) is 42.0 Å². The van der Waals surface area contributed by atoms with Gasteiger partial charge in [0.25, 0.3) is 15.9 Å². The summed E-state index contributed by atoms with van der Waals surface area (Å²) in [5, 5.41) is 3.04. The number of carbonyl (C=O) groups excluding carboxylic acids is 1. The Morgan fingerprint density at radius 3 is 2.19 bits per heavy atom. The van der Waals surface area contributed by atoms with E-state index in [4.69, 9.17) is 0 Å². The van der Waals surface area contributed by atoms with Crippen LogP contribution in [-0.2, 0) is 16.6 Å². The van der Waals surface area contributed by atoms with E-state index in [2.05, 4.69) is 15.0 Å². The van der Waals surface area contributed by atoms with Gasteiger partial charge in [0.15, 0.2) is 5.01 Å². The molecule has 6 nitrogen and oxygen atoms in total. The van der Waals surface area contributed by atoms with Crippen LogP contribution in [0.2, 0.25) is 0 Å². The summed E-state index contributed by atoms with van der Waals surface area (Å²) in [6.45, 7) is 0.302. The average molecular weight is 468 g/mol. The van der Waals surface area contributed by atoms with Gasteiger partial charge in [0.2, 0.25) is 0 Å². The van der Waals surface area contributed by atoms with Crippen LogP contribution in [0.3, 0.4) is 0 Å². The van der Waals surface area contributed by atoms with Crippen LogP contribution < -0.4 is 10.0 Å². The van der Waals surface area contributed by atoms with Crippen LogP contribution >= 0.6 is 11.3 Å². The van der Waals surface area contributed by atoms with Crippen LogP contribution in [0.1, 0.15) is 15.4 Å². The van der Waals surface area contributed by atoms with Gasteiger partial charge in [-0.15, -0.1) is 0 Å². The van der Waals surface area contributed by atoms with E-state index in [9.17, 15) is 17.6 Å². The molecule has 1 heterocycles. The lowest BCUT2D eigenvalue weighted by molar-refractivity contribution is 0.0950. The normalized spacial score (nSPS) is 11.2. The first-order chi connectivity index (χ1) is 15.4. The first kappa shape index (κ1) is 21.7. The number of carbonyl (C=O) groups is 1. The van der Waals surface area contributed by atoms with Gasteiger partial charge in [0, 0.05) is 12.1 Å². The zero-order chi connectivity index (χ0) is 22.6. The Labute approximate surface area is 188 Å². The highest BCUT2D eigenvalue weighted by Crippen LogP contribution is 2.35. The number of anilines is 1. The Bertz CT molecular complexity index is 1320. The number of nitrogens with zero attached hydrogens (tertiary/aromatic N) is 1. The molecule has 0 spiro atoms. The second-order valence-electron chi connectivity index (χ2n) is 6.79. The van der Waals surface area contributed by atoms with Gasteiger partial charge < -0.3 is 5.32 Å². The van der Waals surface area contributed by atoms with Crippen molar-refractivity contribution in [3.05, 3.63) is 101 Å². The molecule has 1 amide bonds. The molecule has 0 atom stereocenters. The SMILES string of the molecule is O=C(NCc1ccccc1)c1nc(-c2ccc(F)cc2)c(NS(=O)(=O)c2ccccc2)s1. The van der Waals surface area contributed by atoms with E-state index in [1.807, 2.05) is 30.3 Å². The van der Waals surface area contributed by atoms with Crippen LogP contribution in [0.5, 0.6) is 0 Å². The number of aromatic nitrogens is 1. The van der Waals surface area contributed by atoms with Crippen molar-refractivity contribution in [1.82, 2.24) is 10.3 Å². The number of halogens is 1. The monoisotopic (exact) mass is 467 g/mol. The predicted octanol–water partition coefficient (Wildman–Crippen LogP) is 4.68. The Morgan fingerprint density at radius 2 is 1.53 bits per heavy atom. The highest BCUT2D eigenvalue weighted by Gasteiger charge is 2.23. The van der Waals surface area contributed by atoms with Crippen molar-refractivity contribution in [1.29, 1.82) is 0 Å². The smallest absolute Gasteiger partial charge is 0.280 e. The molecule has 162 valence electrons. The molecule has 4 rings (SSSR count). The molecule has 0 aliphatic rings. The fourth-order valence-electron chi connectivity index (χ4n) is 2.92. The molecule has 3 aromatic carbocycles. The lowest BCUT2D eigenvalue weighted by Gasteiger charge is -2.07. The minimum absolute atomic E-state index is 0.0773.